The molecule has 0 spiro atoms. The SMILES string of the molecule is N#Cc1ccc(Oc2nc(Cl)cs2)c(C(F)(F)F)c1. The van der Waals surface area contributed by atoms with Crippen molar-refractivity contribution in [3.05, 3.63) is 39.9 Å². The molecule has 0 amide bonds. The standard InChI is InChI=1S/C11H4ClF3N2OS/c12-9-5-19-10(17-9)18-8-2-1-6(4-16)3-7(8)11(13,14)15/h1-3,5H. The van der Waals surface area contributed by atoms with Crippen molar-refractivity contribution in [1.82, 2.24) is 4.98 Å². The lowest BCUT2D eigenvalue weighted by atomic mass is 10.1. The maximum atomic E-state index is 12.8. The summed E-state index contributed by atoms with van der Waals surface area (Å²) in [5.74, 6) is -0.419. The molecule has 0 unspecified atom stereocenters. The fraction of sp³-hybridized carbons (Fsp3) is 0.0909. The topological polar surface area (TPSA) is 45.9 Å². The van der Waals surface area contributed by atoms with Crippen LogP contribution >= 0.6 is 22.9 Å². The second kappa shape index (κ2) is 5.07. The van der Waals surface area contributed by atoms with Gasteiger partial charge >= 0.3 is 6.18 Å². The molecule has 1 aromatic carbocycles. The van der Waals surface area contributed by atoms with Crippen LogP contribution in [0.2, 0.25) is 5.15 Å². The molecule has 0 radical (unpaired) electrons. The Morgan fingerprint density at radius 2 is 2.11 bits per heavy atom. The van der Waals surface area contributed by atoms with Crippen molar-refractivity contribution in [1.29, 1.82) is 5.26 Å². The number of nitrogens with zero attached hydrogens (tertiary/aromatic N) is 2. The van der Waals surface area contributed by atoms with Crippen LogP contribution in [0.25, 0.3) is 0 Å². The molecule has 0 bridgehead atoms. The predicted octanol–water partition coefficient (Wildman–Crippen LogP) is 4.48. The lowest BCUT2D eigenvalue weighted by Gasteiger charge is -2.12. The van der Waals surface area contributed by atoms with Gasteiger partial charge in [0.05, 0.1) is 17.2 Å². The Labute approximate surface area is 114 Å². The molecule has 0 aliphatic rings. The van der Waals surface area contributed by atoms with Crippen LogP contribution in [-0.2, 0) is 6.18 Å². The average Bonchev–Trinajstić information content (AvgIpc) is 2.74. The number of ether oxygens (including phenoxy) is 1. The number of hydrogen-bond acceptors (Lipinski definition) is 4. The molecule has 0 saturated heterocycles. The molecular formula is C11H4ClF3N2OS. The van der Waals surface area contributed by atoms with Gasteiger partial charge in [-0.25, -0.2) is 0 Å². The lowest BCUT2D eigenvalue weighted by Crippen LogP contribution is -2.07. The average molecular weight is 305 g/mol. The first-order valence-corrected chi connectivity index (χ1v) is 6.06. The van der Waals surface area contributed by atoms with Crippen molar-refractivity contribution in [2.45, 2.75) is 6.18 Å². The molecule has 3 nitrogen and oxygen atoms in total. The highest BCUT2D eigenvalue weighted by Crippen LogP contribution is 2.39. The van der Waals surface area contributed by atoms with E-state index in [2.05, 4.69) is 4.98 Å². The van der Waals surface area contributed by atoms with Crippen LogP contribution in [-0.4, -0.2) is 4.98 Å². The summed E-state index contributed by atoms with van der Waals surface area (Å²) in [6.45, 7) is 0. The highest BCUT2D eigenvalue weighted by molar-refractivity contribution is 7.11. The second-order valence-electron chi connectivity index (χ2n) is 3.36. The van der Waals surface area contributed by atoms with Gasteiger partial charge in [-0.1, -0.05) is 22.9 Å². The summed E-state index contributed by atoms with van der Waals surface area (Å²) in [5, 5.41) is 10.2. The van der Waals surface area contributed by atoms with E-state index >= 15 is 0 Å². The van der Waals surface area contributed by atoms with Crippen molar-refractivity contribution in [3.8, 4) is 17.0 Å². The Kier molecular flexibility index (Phi) is 3.64. The van der Waals surface area contributed by atoms with E-state index in [0.717, 1.165) is 23.5 Å². The highest BCUT2D eigenvalue weighted by atomic mass is 35.5. The summed E-state index contributed by atoms with van der Waals surface area (Å²) >= 11 is 6.53. The van der Waals surface area contributed by atoms with Gasteiger partial charge in [0.15, 0.2) is 0 Å². The van der Waals surface area contributed by atoms with E-state index in [1.165, 1.54) is 11.4 Å². The first kappa shape index (κ1) is 13.6. The number of thiazole rings is 1. The highest BCUT2D eigenvalue weighted by Gasteiger charge is 2.35. The fourth-order valence-corrected chi connectivity index (χ4v) is 2.09. The number of alkyl halides is 3. The van der Waals surface area contributed by atoms with E-state index in [-0.39, 0.29) is 15.9 Å². The molecule has 19 heavy (non-hydrogen) atoms. The van der Waals surface area contributed by atoms with Crippen LogP contribution in [0.1, 0.15) is 11.1 Å². The van der Waals surface area contributed by atoms with Crippen molar-refractivity contribution in [3.63, 3.8) is 0 Å². The fourth-order valence-electron chi connectivity index (χ4n) is 1.29. The molecular weight excluding hydrogens is 301 g/mol. The molecule has 0 saturated carbocycles. The summed E-state index contributed by atoms with van der Waals surface area (Å²) in [6.07, 6.45) is -4.62. The number of aromatic nitrogens is 1. The Balaban J connectivity index is 2.42. The van der Waals surface area contributed by atoms with Crippen LogP contribution in [0, 0.1) is 11.3 Å². The third-order valence-electron chi connectivity index (χ3n) is 2.07. The third kappa shape index (κ3) is 3.16. The van der Waals surface area contributed by atoms with Gasteiger partial charge in [-0.2, -0.15) is 23.4 Å². The van der Waals surface area contributed by atoms with Gasteiger partial charge in [0.2, 0.25) is 0 Å². The van der Waals surface area contributed by atoms with Crippen LogP contribution < -0.4 is 4.74 Å². The first-order valence-electron chi connectivity index (χ1n) is 4.80. The van der Waals surface area contributed by atoms with Gasteiger partial charge in [0, 0.05) is 5.38 Å². The van der Waals surface area contributed by atoms with Crippen molar-refractivity contribution in [2.75, 3.05) is 0 Å². The van der Waals surface area contributed by atoms with Crippen molar-refractivity contribution >= 4 is 22.9 Å². The zero-order valence-electron chi connectivity index (χ0n) is 9.03. The third-order valence-corrected chi connectivity index (χ3v) is 3.11. The Hall–Kier alpha value is -1.78. The van der Waals surface area contributed by atoms with Gasteiger partial charge in [-0.3, -0.25) is 0 Å². The molecule has 0 aliphatic carbocycles. The van der Waals surface area contributed by atoms with E-state index in [9.17, 15) is 13.2 Å². The second-order valence-corrected chi connectivity index (χ2v) is 4.57. The molecule has 0 fully saturated rings. The molecule has 0 atom stereocenters. The molecule has 0 aliphatic heterocycles. The minimum absolute atomic E-state index is 0.000192. The maximum absolute atomic E-state index is 12.8. The monoisotopic (exact) mass is 304 g/mol. The number of rotatable bonds is 2. The zero-order valence-corrected chi connectivity index (χ0v) is 10.6. The van der Waals surface area contributed by atoms with Gasteiger partial charge in [-0.05, 0) is 18.2 Å². The lowest BCUT2D eigenvalue weighted by molar-refractivity contribution is -0.138. The van der Waals surface area contributed by atoms with E-state index in [1.54, 1.807) is 6.07 Å². The molecule has 2 rings (SSSR count). The van der Waals surface area contributed by atoms with Crippen molar-refractivity contribution in [2.24, 2.45) is 0 Å². The zero-order chi connectivity index (χ0) is 14.0. The first-order chi connectivity index (χ1) is 8.90. The smallest absolute Gasteiger partial charge is 0.420 e. The number of halogens is 4. The van der Waals surface area contributed by atoms with Crippen LogP contribution in [0.15, 0.2) is 23.6 Å². The van der Waals surface area contributed by atoms with Gasteiger partial charge < -0.3 is 4.74 Å². The van der Waals surface area contributed by atoms with E-state index in [1.807, 2.05) is 0 Å². The van der Waals surface area contributed by atoms with Crippen LogP contribution in [0.5, 0.6) is 10.9 Å². The quantitative estimate of drug-likeness (QED) is 0.821. The predicted molar refractivity (Wildman–Crippen MR) is 63.4 cm³/mol. The summed E-state index contributed by atoms with van der Waals surface area (Å²) < 4.78 is 43.6. The Morgan fingerprint density at radius 1 is 1.37 bits per heavy atom. The number of benzene rings is 1. The summed E-state index contributed by atoms with van der Waals surface area (Å²) in [7, 11) is 0. The summed E-state index contributed by atoms with van der Waals surface area (Å²) in [5.41, 5.74) is -1.13. The van der Waals surface area contributed by atoms with Crippen LogP contribution in [0.3, 0.4) is 0 Å². The molecule has 1 aromatic heterocycles. The van der Waals surface area contributed by atoms with E-state index in [4.69, 9.17) is 21.6 Å². The Morgan fingerprint density at radius 3 is 2.63 bits per heavy atom. The summed E-state index contributed by atoms with van der Waals surface area (Å²) in [6, 6.07) is 4.69. The molecule has 1 heterocycles. The summed E-state index contributed by atoms with van der Waals surface area (Å²) in [4.78, 5) is 3.70. The van der Waals surface area contributed by atoms with E-state index < -0.39 is 17.5 Å². The minimum atomic E-state index is -4.62. The number of nitriles is 1. The van der Waals surface area contributed by atoms with E-state index in [0.29, 0.717) is 0 Å². The van der Waals surface area contributed by atoms with Gasteiger partial charge in [0.1, 0.15) is 10.9 Å². The molecule has 2 aromatic rings. The number of hydrogen-bond donors (Lipinski definition) is 0. The van der Waals surface area contributed by atoms with Crippen LogP contribution in [0.4, 0.5) is 13.2 Å². The van der Waals surface area contributed by atoms with Gasteiger partial charge in [-0.15, -0.1) is 0 Å². The largest absolute Gasteiger partial charge is 0.430 e. The van der Waals surface area contributed by atoms with Crippen molar-refractivity contribution < 1.29 is 17.9 Å². The molecule has 98 valence electrons. The van der Waals surface area contributed by atoms with Gasteiger partial charge in [0.25, 0.3) is 5.19 Å². The normalized spacial score (nSPS) is 11.1. The minimum Gasteiger partial charge on any atom is -0.430 e. The molecule has 0 N–H and O–H groups in total. The maximum Gasteiger partial charge on any atom is 0.420 e. The molecule has 8 heteroatoms. The Bertz CT molecular complexity index is 648.